The Bertz CT molecular complexity index is 369. The smallest absolute Gasteiger partial charge is 0.327 e. The number of carbonyl (C=O) groups is 1. The van der Waals surface area contributed by atoms with Crippen molar-refractivity contribution in [2.75, 3.05) is 0 Å². The largest absolute Gasteiger partial charge is 0.478 e. The second kappa shape index (κ2) is 5.32. The van der Waals surface area contributed by atoms with Gasteiger partial charge in [-0.3, -0.25) is 0 Å². The van der Waals surface area contributed by atoms with Crippen LogP contribution in [0.4, 0.5) is 0 Å². The number of rotatable bonds is 4. The highest BCUT2D eigenvalue weighted by molar-refractivity contribution is 5.79. The van der Waals surface area contributed by atoms with Crippen LogP contribution >= 0.6 is 0 Å². The van der Waals surface area contributed by atoms with Crippen molar-refractivity contribution in [2.24, 2.45) is 0 Å². The molecule has 0 aliphatic heterocycles. The Labute approximate surface area is 88.7 Å². The van der Waals surface area contributed by atoms with E-state index in [0.29, 0.717) is 6.42 Å². The molecular weight excluding hydrogens is 192 g/mol. The molecule has 80 valence electrons. The predicted octanol–water partition coefficient (Wildman–Crippen LogP) is 2.06. The first kappa shape index (κ1) is 11.5. The molecule has 0 fully saturated rings. The molecule has 3 nitrogen and oxygen atoms in total. The van der Waals surface area contributed by atoms with Crippen LogP contribution in [0.1, 0.15) is 23.7 Å². The molecule has 1 unspecified atom stereocenters. The third kappa shape index (κ3) is 3.56. The van der Waals surface area contributed by atoms with Crippen LogP contribution in [0.5, 0.6) is 0 Å². The van der Waals surface area contributed by atoms with Gasteiger partial charge in [0.25, 0.3) is 0 Å². The van der Waals surface area contributed by atoms with Crippen molar-refractivity contribution < 1.29 is 15.0 Å². The van der Waals surface area contributed by atoms with Crippen molar-refractivity contribution in [3.8, 4) is 0 Å². The van der Waals surface area contributed by atoms with Gasteiger partial charge in [-0.2, -0.15) is 0 Å². The quantitative estimate of drug-likeness (QED) is 0.741. The van der Waals surface area contributed by atoms with Crippen molar-refractivity contribution in [3.63, 3.8) is 0 Å². The maximum Gasteiger partial charge on any atom is 0.327 e. The number of aliphatic carboxylic acids is 1. The van der Waals surface area contributed by atoms with Gasteiger partial charge >= 0.3 is 5.97 Å². The summed E-state index contributed by atoms with van der Waals surface area (Å²) in [5.74, 6) is -0.994. The van der Waals surface area contributed by atoms with Crippen LogP contribution in [0, 0.1) is 6.92 Å². The molecule has 0 spiro atoms. The molecule has 0 amide bonds. The summed E-state index contributed by atoms with van der Waals surface area (Å²) in [4.78, 5) is 10.2. The Balaban J connectivity index is 2.65. The molecule has 3 heteroatoms. The number of carboxylic acids is 1. The first-order valence-electron chi connectivity index (χ1n) is 4.74. The van der Waals surface area contributed by atoms with Gasteiger partial charge in [-0.25, -0.2) is 4.79 Å². The molecule has 1 atom stereocenters. The summed E-state index contributed by atoms with van der Waals surface area (Å²) in [6.07, 6.45) is 2.18. The number of carboxylic acid groups (broad SMARTS) is 1. The van der Waals surface area contributed by atoms with E-state index in [-0.39, 0.29) is 0 Å². The molecule has 1 aromatic rings. The summed E-state index contributed by atoms with van der Waals surface area (Å²) < 4.78 is 0. The molecule has 0 aliphatic rings. The molecule has 15 heavy (non-hydrogen) atoms. The predicted molar refractivity (Wildman–Crippen MR) is 57.5 cm³/mol. The Morgan fingerprint density at radius 1 is 1.47 bits per heavy atom. The van der Waals surface area contributed by atoms with Gasteiger partial charge in [-0.15, -0.1) is 0 Å². The topological polar surface area (TPSA) is 57.5 Å². The molecule has 1 rings (SSSR count). The van der Waals surface area contributed by atoms with Crippen LogP contribution in [-0.2, 0) is 4.79 Å². The minimum absolute atomic E-state index is 0.317. The van der Waals surface area contributed by atoms with Gasteiger partial charge in [0.1, 0.15) is 0 Å². The number of aryl methyl sites for hydroxylation is 1. The maximum atomic E-state index is 10.2. The fraction of sp³-hybridized carbons (Fsp3) is 0.250. The Hall–Kier alpha value is -1.61. The van der Waals surface area contributed by atoms with Crippen LogP contribution in [0.15, 0.2) is 36.4 Å². The number of benzene rings is 1. The summed E-state index contributed by atoms with van der Waals surface area (Å²) in [7, 11) is 0. The lowest BCUT2D eigenvalue weighted by Gasteiger charge is -2.10. The van der Waals surface area contributed by atoms with Gasteiger partial charge in [0.2, 0.25) is 0 Å². The van der Waals surface area contributed by atoms with Crippen LogP contribution in [0.3, 0.4) is 0 Å². The van der Waals surface area contributed by atoms with Gasteiger partial charge in [0, 0.05) is 6.08 Å². The highest BCUT2D eigenvalue weighted by Crippen LogP contribution is 2.20. The van der Waals surface area contributed by atoms with Gasteiger partial charge in [0.05, 0.1) is 6.10 Å². The normalized spacial score (nSPS) is 12.9. The van der Waals surface area contributed by atoms with E-state index in [0.717, 1.165) is 17.2 Å². The van der Waals surface area contributed by atoms with Gasteiger partial charge in [-0.1, -0.05) is 30.3 Å². The number of hydrogen-bond acceptors (Lipinski definition) is 2. The van der Waals surface area contributed by atoms with Crippen molar-refractivity contribution in [1.82, 2.24) is 0 Å². The fourth-order valence-corrected chi connectivity index (χ4v) is 1.39. The lowest BCUT2D eigenvalue weighted by Crippen LogP contribution is -1.98. The molecule has 0 saturated carbocycles. The Kier molecular flexibility index (Phi) is 4.06. The third-order valence-corrected chi connectivity index (χ3v) is 2.17. The molecule has 1 aromatic carbocycles. The molecule has 0 aliphatic carbocycles. The monoisotopic (exact) mass is 206 g/mol. The minimum atomic E-state index is -0.994. The number of aliphatic hydroxyl groups is 1. The molecule has 0 radical (unpaired) electrons. The van der Waals surface area contributed by atoms with E-state index in [9.17, 15) is 9.90 Å². The van der Waals surface area contributed by atoms with Crippen molar-refractivity contribution in [1.29, 1.82) is 0 Å². The lowest BCUT2D eigenvalue weighted by molar-refractivity contribution is -0.131. The van der Waals surface area contributed by atoms with Gasteiger partial charge in [-0.05, 0) is 24.5 Å². The fourth-order valence-electron chi connectivity index (χ4n) is 1.39. The number of aliphatic hydroxyl groups excluding tert-OH is 1. The summed E-state index contributed by atoms with van der Waals surface area (Å²) in [6.45, 7) is 1.92. The van der Waals surface area contributed by atoms with Crippen molar-refractivity contribution in [3.05, 3.63) is 47.5 Å². The van der Waals surface area contributed by atoms with E-state index >= 15 is 0 Å². The number of hydrogen-bond donors (Lipinski definition) is 2. The standard InChI is InChI=1S/C12H14O3/c1-9-5-2-3-6-10(9)11(13)7-4-8-12(14)15/h2-6,8,11,13H,7H2,1H3,(H,14,15)/b8-4+. The van der Waals surface area contributed by atoms with E-state index in [1.807, 2.05) is 31.2 Å². The van der Waals surface area contributed by atoms with Crippen LogP contribution in [0.25, 0.3) is 0 Å². The lowest BCUT2D eigenvalue weighted by atomic mass is 10.0. The van der Waals surface area contributed by atoms with E-state index < -0.39 is 12.1 Å². The summed E-state index contributed by atoms with van der Waals surface area (Å²) in [5.41, 5.74) is 1.85. The first-order chi connectivity index (χ1) is 7.11. The molecule has 0 saturated heterocycles. The van der Waals surface area contributed by atoms with E-state index in [1.54, 1.807) is 0 Å². The second-order valence-corrected chi connectivity index (χ2v) is 3.35. The van der Waals surface area contributed by atoms with Crippen LogP contribution in [0.2, 0.25) is 0 Å². The average molecular weight is 206 g/mol. The molecule has 0 bridgehead atoms. The van der Waals surface area contributed by atoms with E-state index in [2.05, 4.69) is 0 Å². The zero-order valence-corrected chi connectivity index (χ0v) is 8.55. The Morgan fingerprint density at radius 3 is 2.73 bits per heavy atom. The SMILES string of the molecule is Cc1ccccc1C(O)C/C=C/C(=O)O. The van der Waals surface area contributed by atoms with Gasteiger partial charge in [0.15, 0.2) is 0 Å². The highest BCUT2D eigenvalue weighted by Gasteiger charge is 2.07. The summed E-state index contributed by atoms with van der Waals surface area (Å²) in [6, 6.07) is 7.51. The van der Waals surface area contributed by atoms with Crippen LogP contribution < -0.4 is 0 Å². The Morgan fingerprint density at radius 2 is 2.13 bits per heavy atom. The third-order valence-electron chi connectivity index (χ3n) is 2.17. The minimum Gasteiger partial charge on any atom is -0.478 e. The van der Waals surface area contributed by atoms with Crippen molar-refractivity contribution in [2.45, 2.75) is 19.4 Å². The van der Waals surface area contributed by atoms with Gasteiger partial charge < -0.3 is 10.2 Å². The molecule has 0 aromatic heterocycles. The zero-order chi connectivity index (χ0) is 11.3. The summed E-state index contributed by atoms with van der Waals surface area (Å²) in [5, 5.41) is 18.2. The van der Waals surface area contributed by atoms with Crippen LogP contribution in [-0.4, -0.2) is 16.2 Å². The average Bonchev–Trinajstić information content (AvgIpc) is 2.17. The molecular formula is C12H14O3. The molecule has 2 N–H and O–H groups in total. The summed E-state index contributed by atoms with van der Waals surface area (Å²) >= 11 is 0. The zero-order valence-electron chi connectivity index (χ0n) is 8.55. The molecule has 0 heterocycles. The van der Waals surface area contributed by atoms with Crippen molar-refractivity contribution >= 4 is 5.97 Å². The second-order valence-electron chi connectivity index (χ2n) is 3.35. The first-order valence-corrected chi connectivity index (χ1v) is 4.74. The highest BCUT2D eigenvalue weighted by atomic mass is 16.4. The van der Waals surface area contributed by atoms with E-state index in [1.165, 1.54) is 6.08 Å². The van der Waals surface area contributed by atoms with E-state index in [4.69, 9.17) is 5.11 Å². The maximum absolute atomic E-state index is 10.2.